The first-order chi connectivity index (χ1) is 26.7. The lowest BCUT2D eigenvalue weighted by molar-refractivity contribution is -0.126. The second-order valence-corrected chi connectivity index (χ2v) is 14.2. The molecule has 3 heterocycles. The van der Waals surface area contributed by atoms with Crippen molar-refractivity contribution in [2.75, 3.05) is 31.5 Å². The van der Waals surface area contributed by atoms with Gasteiger partial charge in [-0.25, -0.2) is 27.5 Å². The number of carbonyl (C=O) groups excluding carboxylic acids is 3. The summed E-state index contributed by atoms with van der Waals surface area (Å²) < 4.78 is 54.7. The van der Waals surface area contributed by atoms with Gasteiger partial charge in [0, 0.05) is 57.1 Å². The lowest BCUT2D eigenvalue weighted by atomic mass is 10.1. The van der Waals surface area contributed by atoms with Crippen LogP contribution in [-0.4, -0.2) is 109 Å². The van der Waals surface area contributed by atoms with E-state index in [2.05, 4.69) is 32.0 Å². The maximum absolute atomic E-state index is 13.8. The van der Waals surface area contributed by atoms with Crippen LogP contribution < -0.4 is 5.32 Å². The topological polar surface area (TPSA) is 166 Å². The number of nitrogens with zero attached hydrogens (tertiary/aromatic N) is 7. The Hall–Kier alpha value is -5.45. The van der Waals surface area contributed by atoms with Crippen LogP contribution in [0.4, 0.5) is 23.2 Å². The molecule has 1 aliphatic carbocycles. The molecule has 0 radical (unpaired) electrons. The Morgan fingerprint density at radius 1 is 1.09 bits per heavy atom. The second kappa shape index (κ2) is 18.2. The molecule has 2 aromatic rings. The number of anilines is 1. The number of amides is 2. The van der Waals surface area contributed by atoms with Gasteiger partial charge in [-0.15, -0.1) is 5.10 Å². The number of alkyl halides is 4. The van der Waals surface area contributed by atoms with Gasteiger partial charge in [-0.2, -0.15) is 4.68 Å². The minimum atomic E-state index is -3.01. The Morgan fingerprint density at radius 2 is 1.74 bits per heavy atom. The van der Waals surface area contributed by atoms with Crippen LogP contribution in [0.3, 0.4) is 0 Å². The first-order valence-electron chi connectivity index (χ1n) is 18.7. The molecule has 13 nitrogen and oxygen atoms in total. The van der Waals surface area contributed by atoms with Gasteiger partial charge in [-0.3, -0.25) is 19.4 Å². The summed E-state index contributed by atoms with van der Waals surface area (Å²) in [5.41, 5.74) is 2.27. The molecule has 308 valence electrons. The van der Waals surface area contributed by atoms with Crippen LogP contribution in [0.2, 0.25) is 0 Å². The molecule has 2 atom stereocenters. The van der Waals surface area contributed by atoms with Crippen molar-refractivity contribution in [3.63, 3.8) is 0 Å². The summed E-state index contributed by atoms with van der Waals surface area (Å²) in [6.07, 6.45) is 4.45. The van der Waals surface area contributed by atoms with E-state index < -0.39 is 24.0 Å². The lowest BCUT2D eigenvalue weighted by Crippen LogP contribution is -2.54. The second-order valence-electron chi connectivity index (χ2n) is 14.2. The van der Waals surface area contributed by atoms with Crippen LogP contribution in [0.25, 0.3) is 5.57 Å². The van der Waals surface area contributed by atoms with Gasteiger partial charge in [0.2, 0.25) is 5.91 Å². The number of aliphatic imine (C=N–C) groups is 2. The molecule has 2 amide bonds. The van der Waals surface area contributed by atoms with E-state index in [4.69, 9.17) is 0 Å². The average Bonchev–Trinajstić information content (AvgIpc) is 3.69. The standard InChI is InChI=1S/C29H37F2N7O3.C11H13F2NO2/c1-7-17(2)24(36-12-14-37(15-13-36)27(40)23-25(39)20(5)32-16-33-23)28(41)38-21(6)34-26(35-38)18(3)8-9-22-10-11-29(30,31)19(22)4;1-3-10(16)14-8-5-4-7(6-9(8)15)11(2,12)13/h8-9,16,20,25,39H,4,7,10-15H2,1-3,5-6H3;4-6,15H,3H2,1-2H3,(H,14,16)/b18-8+,22-9-,24-17-;. The molecule has 3 aliphatic rings. The number of aromatic hydroxyl groups is 1. The van der Waals surface area contributed by atoms with E-state index >= 15 is 0 Å². The number of nitrogens with one attached hydrogen (secondary N) is 1. The van der Waals surface area contributed by atoms with Gasteiger partial charge >= 0.3 is 0 Å². The Kier molecular flexibility index (Phi) is 14.1. The molecule has 57 heavy (non-hydrogen) atoms. The number of carbonyl (C=O) groups is 3. The molecule has 2 aliphatic heterocycles. The van der Waals surface area contributed by atoms with Crippen molar-refractivity contribution in [3.8, 4) is 5.75 Å². The molecule has 1 aromatic carbocycles. The van der Waals surface area contributed by atoms with Crippen LogP contribution in [0.5, 0.6) is 5.75 Å². The van der Waals surface area contributed by atoms with Crippen molar-refractivity contribution in [1.82, 2.24) is 24.6 Å². The molecule has 0 spiro atoms. The van der Waals surface area contributed by atoms with Crippen molar-refractivity contribution in [3.05, 3.63) is 76.6 Å². The predicted octanol–water partition coefficient (Wildman–Crippen LogP) is 6.45. The molecule has 17 heteroatoms. The normalized spacial score (nSPS) is 20.8. The SMILES string of the molecule is C=C1/C(=C\C=C(/C)c2nc(C)n(C(=O)/C(=C(\C)CC)N3CCN(C(=O)C4=NC=NC(C)C4O)CC3)n2)CCC1(F)F.CCC(=O)Nc1ccc(C(C)(F)F)cc1O. The summed E-state index contributed by atoms with van der Waals surface area (Å²) in [4.78, 5) is 54.0. The van der Waals surface area contributed by atoms with E-state index in [1.54, 1.807) is 44.7 Å². The molecule has 1 saturated heterocycles. The zero-order valence-electron chi connectivity index (χ0n) is 33.2. The number of rotatable bonds is 9. The minimum Gasteiger partial charge on any atom is -0.506 e. The zero-order valence-corrected chi connectivity index (χ0v) is 33.2. The molecule has 0 bridgehead atoms. The molecule has 2 fully saturated rings. The number of aliphatic hydroxyl groups excluding tert-OH is 1. The third kappa shape index (κ3) is 10.5. The quantitative estimate of drug-likeness (QED) is 0.148. The van der Waals surface area contributed by atoms with Crippen molar-refractivity contribution in [1.29, 1.82) is 0 Å². The molecule has 1 saturated carbocycles. The minimum absolute atomic E-state index is 0.0772. The van der Waals surface area contributed by atoms with Gasteiger partial charge in [0.05, 0.1) is 11.7 Å². The number of phenolic OH excluding ortho intramolecular Hbond substituents is 1. The number of aryl methyl sites for hydroxylation is 1. The van der Waals surface area contributed by atoms with Crippen LogP contribution in [0.1, 0.15) is 89.2 Å². The largest absolute Gasteiger partial charge is 0.506 e. The highest BCUT2D eigenvalue weighted by molar-refractivity contribution is 6.42. The van der Waals surface area contributed by atoms with E-state index in [1.807, 2.05) is 18.7 Å². The maximum Gasteiger partial charge on any atom is 0.296 e. The van der Waals surface area contributed by atoms with Crippen LogP contribution in [0.15, 0.2) is 69.3 Å². The fourth-order valence-corrected chi connectivity index (χ4v) is 6.13. The van der Waals surface area contributed by atoms with Crippen molar-refractivity contribution >= 4 is 41.0 Å². The maximum atomic E-state index is 13.8. The Balaban J connectivity index is 0.000000377. The van der Waals surface area contributed by atoms with Crippen LogP contribution >= 0.6 is 0 Å². The summed E-state index contributed by atoms with van der Waals surface area (Å²) in [6, 6.07) is 2.94. The van der Waals surface area contributed by atoms with E-state index in [9.17, 15) is 42.2 Å². The predicted molar refractivity (Wildman–Crippen MR) is 210 cm³/mol. The summed E-state index contributed by atoms with van der Waals surface area (Å²) in [6.45, 7) is 16.5. The number of hydrogen-bond donors (Lipinski definition) is 3. The number of allylic oxidation sites excluding steroid dienone is 7. The van der Waals surface area contributed by atoms with E-state index in [-0.39, 0.29) is 65.3 Å². The number of aliphatic hydroxyl groups is 1. The number of hydrogen-bond acceptors (Lipinski definition) is 10. The lowest BCUT2D eigenvalue weighted by Gasteiger charge is -2.38. The molecular formula is C40H50F4N8O5. The third-order valence-electron chi connectivity index (χ3n) is 9.96. The molecule has 5 rings (SSSR count). The van der Waals surface area contributed by atoms with Crippen molar-refractivity contribution in [2.24, 2.45) is 9.98 Å². The van der Waals surface area contributed by atoms with Gasteiger partial charge in [0.1, 0.15) is 35.4 Å². The Morgan fingerprint density at radius 3 is 2.30 bits per heavy atom. The van der Waals surface area contributed by atoms with E-state index in [0.717, 1.165) is 18.6 Å². The molecular weight excluding hydrogens is 748 g/mol. The highest BCUT2D eigenvalue weighted by atomic mass is 19.3. The highest BCUT2D eigenvalue weighted by Gasteiger charge is 2.40. The van der Waals surface area contributed by atoms with Crippen LogP contribution in [-0.2, 0) is 15.5 Å². The monoisotopic (exact) mass is 798 g/mol. The highest BCUT2D eigenvalue weighted by Crippen LogP contribution is 2.42. The van der Waals surface area contributed by atoms with Gasteiger partial charge in [0.25, 0.3) is 23.7 Å². The third-order valence-corrected chi connectivity index (χ3v) is 9.96. The summed E-state index contributed by atoms with van der Waals surface area (Å²) in [5.74, 6) is -6.47. The Labute approximate surface area is 329 Å². The number of phenols is 1. The number of benzene rings is 1. The van der Waals surface area contributed by atoms with Crippen molar-refractivity contribution < 1.29 is 42.2 Å². The van der Waals surface area contributed by atoms with Crippen LogP contribution in [0, 0.1) is 6.92 Å². The smallest absolute Gasteiger partial charge is 0.296 e. The summed E-state index contributed by atoms with van der Waals surface area (Å²) in [7, 11) is 0. The average molecular weight is 799 g/mol. The fourth-order valence-electron chi connectivity index (χ4n) is 6.13. The van der Waals surface area contributed by atoms with Crippen molar-refractivity contribution in [2.45, 2.75) is 98.1 Å². The van der Waals surface area contributed by atoms with E-state index in [0.29, 0.717) is 61.1 Å². The summed E-state index contributed by atoms with van der Waals surface area (Å²) >= 11 is 0. The number of halogens is 4. The molecule has 3 N–H and O–H groups in total. The molecule has 2 unspecified atom stereocenters. The van der Waals surface area contributed by atoms with E-state index in [1.165, 1.54) is 23.2 Å². The number of aromatic nitrogens is 3. The molecule has 1 aromatic heterocycles. The zero-order chi connectivity index (χ0) is 42.4. The van der Waals surface area contributed by atoms with Gasteiger partial charge in [-0.05, 0) is 69.4 Å². The van der Waals surface area contributed by atoms with Gasteiger partial charge in [0.15, 0.2) is 5.82 Å². The van der Waals surface area contributed by atoms with Gasteiger partial charge in [-0.1, -0.05) is 38.6 Å². The van der Waals surface area contributed by atoms with Gasteiger partial charge < -0.3 is 25.3 Å². The number of piperazine rings is 1. The summed E-state index contributed by atoms with van der Waals surface area (Å²) in [5, 5.41) is 26.7. The Bertz CT molecular complexity index is 2040. The first-order valence-corrected chi connectivity index (χ1v) is 18.7. The first kappa shape index (κ1) is 44.3. The fraction of sp³-hybridized carbons (Fsp3) is 0.475.